The number of rotatable bonds is 9. The van der Waals surface area contributed by atoms with Crippen LogP contribution >= 0.6 is 11.3 Å². The summed E-state index contributed by atoms with van der Waals surface area (Å²) < 4.78 is 5.79. The Balaban J connectivity index is 1.80. The molecule has 0 aliphatic rings. The number of aryl methyl sites for hydroxylation is 1. The van der Waals surface area contributed by atoms with E-state index in [2.05, 4.69) is 51.7 Å². The highest BCUT2D eigenvalue weighted by Crippen LogP contribution is 2.16. The normalized spacial score (nSPS) is 11.7. The van der Waals surface area contributed by atoms with E-state index in [9.17, 15) is 0 Å². The third kappa shape index (κ3) is 7.06. The summed E-state index contributed by atoms with van der Waals surface area (Å²) in [6, 6.07) is 12.6. The molecule has 2 N–H and O–H groups in total. The van der Waals surface area contributed by atoms with Crippen molar-refractivity contribution in [3.05, 3.63) is 51.7 Å². The van der Waals surface area contributed by atoms with Gasteiger partial charge in [0.25, 0.3) is 0 Å². The average molecular weight is 375 g/mol. The zero-order valence-electron chi connectivity index (χ0n) is 16.2. The van der Waals surface area contributed by atoms with Gasteiger partial charge in [0.15, 0.2) is 5.96 Å². The van der Waals surface area contributed by atoms with Crippen LogP contribution in [0.4, 0.5) is 0 Å². The zero-order valence-corrected chi connectivity index (χ0v) is 17.0. The molecule has 1 aromatic carbocycles. The minimum Gasteiger partial charge on any atom is -0.492 e. The lowest BCUT2D eigenvalue weighted by Crippen LogP contribution is -2.36. The molecule has 0 unspecified atom stereocenters. The largest absolute Gasteiger partial charge is 0.492 e. The van der Waals surface area contributed by atoms with Crippen molar-refractivity contribution in [1.82, 2.24) is 15.5 Å². The molecule has 0 bridgehead atoms. The number of guanidine groups is 1. The summed E-state index contributed by atoms with van der Waals surface area (Å²) in [6.07, 6.45) is 1.09. The fourth-order valence-electron chi connectivity index (χ4n) is 2.38. The first kappa shape index (κ1) is 20.3. The SMILES string of the molecule is CCc1ccc(CNC(=NC)NCc2cccc(OCCN(C)C)c2)s1. The Labute approximate surface area is 161 Å². The van der Waals surface area contributed by atoms with Crippen LogP contribution in [0.5, 0.6) is 5.75 Å². The Morgan fingerprint density at radius 2 is 1.88 bits per heavy atom. The van der Waals surface area contributed by atoms with Crippen molar-refractivity contribution in [1.29, 1.82) is 0 Å². The highest BCUT2D eigenvalue weighted by molar-refractivity contribution is 7.11. The molecule has 0 radical (unpaired) electrons. The van der Waals surface area contributed by atoms with Crippen LogP contribution in [0.2, 0.25) is 0 Å². The van der Waals surface area contributed by atoms with E-state index in [1.165, 1.54) is 15.3 Å². The van der Waals surface area contributed by atoms with Crippen molar-refractivity contribution in [3.63, 3.8) is 0 Å². The first-order chi connectivity index (χ1) is 12.6. The van der Waals surface area contributed by atoms with Crippen LogP contribution in [0.25, 0.3) is 0 Å². The standard InChI is InChI=1S/C20H30N4OS/c1-5-18-9-10-19(26-18)15-23-20(21-2)22-14-16-7-6-8-17(13-16)25-12-11-24(3)4/h6-10,13H,5,11-12,14-15H2,1-4H3,(H2,21,22,23). The zero-order chi connectivity index (χ0) is 18.8. The number of ether oxygens (including phenoxy) is 1. The second kappa shape index (κ2) is 10.8. The van der Waals surface area contributed by atoms with E-state index in [0.717, 1.165) is 31.2 Å². The Morgan fingerprint density at radius 3 is 2.58 bits per heavy atom. The Hall–Kier alpha value is -2.05. The number of aliphatic imine (C=N–C) groups is 1. The molecule has 5 nitrogen and oxygen atoms in total. The summed E-state index contributed by atoms with van der Waals surface area (Å²) in [4.78, 5) is 9.14. The summed E-state index contributed by atoms with van der Waals surface area (Å²) in [5, 5.41) is 6.73. The van der Waals surface area contributed by atoms with Crippen molar-refractivity contribution >= 4 is 17.3 Å². The second-order valence-electron chi connectivity index (χ2n) is 6.30. The lowest BCUT2D eigenvalue weighted by atomic mass is 10.2. The summed E-state index contributed by atoms with van der Waals surface area (Å²) in [5.41, 5.74) is 1.17. The van der Waals surface area contributed by atoms with Crippen LogP contribution < -0.4 is 15.4 Å². The maximum absolute atomic E-state index is 5.79. The van der Waals surface area contributed by atoms with Crippen LogP contribution in [0, 0.1) is 0 Å². The molecule has 0 atom stereocenters. The van der Waals surface area contributed by atoms with Crippen molar-refractivity contribution < 1.29 is 4.74 Å². The molecule has 0 amide bonds. The number of likely N-dealkylation sites (N-methyl/N-ethyl adjacent to an activating group) is 1. The van der Waals surface area contributed by atoms with Crippen LogP contribution in [-0.4, -0.2) is 45.2 Å². The third-order valence-corrected chi connectivity index (χ3v) is 5.11. The molecule has 0 fully saturated rings. The number of hydrogen-bond donors (Lipinski definition) is 2. The Kier molecular flexibility index (Phi) is 8.44. The number of benzene rings is 1. The van der Waals surface area contributed by atoms with Gasteiger partial charge in [0, 0.05) is 29.9 Å². The van der Waals surface area contributed by atoms with Gasteiger partial charge in [0.2, 0.25) is 0 Å². The highest BCUT2D eigenvalue weighted by atomic mass is 32.1. The fourth-order valence-corrected chi connectivity index (χ4v) is 3.27. The molecule has 6 heteroatoms. The number of nitrogens with one attached hydrogen (secondary N) is 2. The van der Waals surface area contributed by atoms with Gasteiger partial charge < -0.3 is 20.3 Å². The number of hydrogen-bond acceptors (Lipinski definition) is 4. The van der Waals surface area contributed by atoms with Crippen molar-refractivity contribution in [2.45, 2.75) is 26.4 Å². The fraction of sp³-hybridized carbons (Fsp3) is 0.450. The van der Waals surface area contributed by atoms with Crippen molar-refractivity contribution in [3.8, 4) is 5.75 Å². The predicted octanol–water partition coefficient (Wildman–Crippen LogP) is 3.12. The number of thiophene rings is 1. The Morgan fingerprint density at radius 1 is 1.12 bits per heavy atom. The average Bonchev–Trinajstić information content (AvgIpc) is 3.10. The third-order valence-electron chi connectivity index (χ3n) is 3.89. The molecule has 0 aliphatic carbocycles. The molecule has 0 saturated carbocycles. The minimum atomic E-state index is 0.688. The van der Waals surface area contributed by atoms with Gasteiger partial charge >= 0.3 is 0 Å². The van der Waals surface area contributed by atoms with Crippen LogP contribution in [0.15, 0.2) is 41.4 Å². The number of nitrogens with zero attached hydrogens (tertiary/aromatic N) is 2. The van der Waals surface area contributed by atoms with E-state index in [4.69, 9.17) is 4.74 Å². The van der Waals surface area contributed by atoms with E-state index in [1.807, 2.05) is 37.6 Å². The second-order valence-corrected chi connectivity index (χ2v) is 7.55. The van der Waals surface area contributed by atoms with Gasteiger partial charge in [-0.2, -0.15) is 0 Å². The lowest BCUT2D eigenvalue weighted by molar-refractivity contribution is 0.261. The van der Waals surface area contributed by atoms with E-state index in [1.54, 1.807) is 7.05 Å². The van der Waals surface area contributed by atoms with Gasteiger partial charge in [0.1, 0.15) is 12.4 Å². The molecule has 0 aliphatic heterocycles. The van der Waals surface area contributed by atoms with Crippen LogP contribution in [0.1, 0.15) is 22.2 Å². The molecule has 0 saturated heterocycles. The quantitative estimate of drug-likeness (QED) is 0.523. The van der Waals surface area contributed by atoms with E-state index >= 15 is 0 Å². The van der Waals surface area contributed by atoms with Gasteiger partial charge in [-0.15, -0.1) is 11.3 Å². The summed E-state index contributed by atoms with van der Waals surface area (Å²) in [6.45, 7) is 5.27. The lowest BCUT2D eigenvalue weighted by Gasteiger charge is -2.13. The minimum absolute atomic E-state index is 0.688. The van der Waals surface area contributed by atoms with Gasteiger partial charge in [-0.25, -0.2) is 0 Å². The molecule has 1 aromatic heterocycles. The molecule has 0 spiro atoms. The van der Waals surface area contributed by atoms with Crippen LogP contribution in [-0.2, 0) is 19.5 Å². The molecular formula is C20H30N4OS. The molecular weight excluding hydrogens is 344 g/mol. The topological polar surface area (TPSA) is 48.9 Å². The van der Waals surface area contributed by atoms with Gasteiger partial charge in [0.05, 0.1) is 6.54 Å². The molecule has 2 rings (SSSR count). The first-order valence-corrected chi connectivity index (χ1v) is 9.81. The Bertz CT molecular complexity index is 697. The van der Waals surface area contributed by atoms with Gasteiger partial charge in [-0.1, -0.05) is 19.1 Å². The predicted molar refractivity (Wildman–Crippen MR) is 111 cm³/mol. The smallest absolute Gasteiger partial charge is 0.191 e. The summed E-state index contributed by atoms with van der Waals surface area (Å²) in [5.74, 6) is 1.70. The van der Waals surface area contributed by atoms with E-state index < -0.39 is 0 Å². The maximum Gasteiger partial charge on any atom is 0.191 e. The van der Waals surface area contributed by atoms with E-state index in [0.29, 0.717) is 13.2 Å². The monoisotopic (exact) mass is 374 g/mol. The van der Waals surface area contributed by atoms with Crippen LogP contribution in [0.3, 0.4) is 0 Å². The summed E-state index contributed by atoms with van der Waals surface area (Å²) >= 11 is 1.85. The maximum atomic E-state index is 5.79. The summed E-state index contributed by atoms with van der Waals surface area (Å²) in [7, 11) is 5.88. The highest BCUT2D eigenvalue weighted by Gasteiger charge is 2.03. The molecule has 142 valence electrons. The first-order valence-electron chi connectivity index (χ1n) is 8.99. The van der Waals surface area contributed by atoms with Gasteiger partial charge in [-0.05, 0) is 50.3 Å². The van der Waals surface area contributed by atoms with E-state index in [-0.39, 0.29) is 0 Å². The molecule has 26 heavy (non-hydrogen) atoms. The molecule has 2 aromatic rings. The van der Waals surface area contributed by atoms with Crippen molar-refractivity contribution in [2.75, 3.05) is 34.3 Å². The molecule has 1 heterocycles. The van der Waals surface area contributed by atoms with Gasteiger partial charge in [-0.3, -0.25) is 4.99 Å². The van der Waals surface area contributed by atoms with Crippen molar-refractivity contribution in [2.24, 2.45) is 4.99 Å².